The van der Waals surface area contributed by atoms with Crippen LogP contribution in [-0.2, 0) is 16.2 Å². The van der Waals surface area contributed by atoms with E-state index in [0.717, 1.165) is 27.9 Å². The highest BCUT2D eigenvalue weighted by Gasteiger charge is 2.24. The molecule has 4 heteroatoms. The highest BCUT2D eigenvalue weighted by molar-refractivity contribution is 5.94. The fraction of sp³-hybridized carbons (Fsp3) is 0.333. The lowest BCUT2D eigenvalue weighted by molar-refractivity contribution is -0.383. The van der Waals surface area contributed by atoms with Crippen molar-refractivity contribution in [1.82, 2.24) is 0 Å². The molecule has 0 unspecified atom stereocenters. The van der Waals surface area contributed by atoms with Gasteiger partial charge in [-0.05, 0) is 50.1 Å². The maximum atomic E-state index is 11.9. The Morgan fingerprint density at radius 3 is 1.57 bits per heavy atom. The molecule has 0 radical (unpaired) electrons. The Morgan fingerprint density at radius 1 is 0.575 bits per heavy atom. The van der Waals surface area contributed by atoms with Crippen molar-refractivity contribution in [2.75, 3.05) is 5.32 Å². The minimum atomic E-state index is -0.333. The molecule has 4 nitrogen and oxygen atoms in total. The van der Waals surface area contributed by atoms with Gasteiger partial charge in [0.25, 0.3) is 5.69 Å². The quantitative estimate of drug-likeness (QED) is 0.205. The van der Waals surface area contributed by atoms with Crippen molar-refractivity contribution in [2.45, 2.75) is 78.6 Å². The van der Waals surface area contributed by atoms with Crippen LogP contribution in [0.1, 0.15) is 79.0 Å². The van der Waals surface area contributed by atoms with E-state index in [9.17, 15) is 10.1 Å². The van der Waals surface area contributed by atoms with Gasteiger partial charge in [-0.1, -0.05) is 135 Å². The number of rotatable bonds is 5. The molecule has 4 aromatic rings. The van der Waals surface area contributed by atoms with Crippen LogP contribution in [0.2, 0.25) is 0 Å². The van der Waals surface area contributed by atoms with Gasteiger partial charge in [0.15, 0.2) is 0 Å². The number of benzene rings is 4. The molecule has 0 fully saturated rings. The predicted octanol–water partition coefficient (Wildman–Crippen LogP) is 10.6. The average molecular weight is 535 g/mol. The third-order valence-corrected chi connectivity index (χ3v) is 7.46. The van der Waals surface area contributed by atoms with Crippen LogP contribution in [0.25, 0.3) is 22.3 Å². The van der Waals surface area contributed by atoms with E-state index in [1.54, 1.807) is 18.2 Å². The molecule has 4 aromatic carbocycles. The summed E-state index contributed by atoms with van der Waals surface area (Å²) < 4.78 is 0. The van der Waals surface area contributed by atoms with Gasteiger partial charge in [-0.25, -0.2) is 0 Å². The third-order valence-electron chi connectivity index (χ3n) is 7.46. The molecule has 208 valence electrons. The summed E-state index contributed by atoms with van der Waals surface area (Å²) in [4.78, 5) is 11.6. The molecule has 4 rings (SSSR count). The first-order valence-electron chi connectivity index (χ1n) is 14.0. The fourth-order valence-corrected chi connectivity index (χ4v) is 4.84. The molecule has 0 aromatic heterocycles. The van der Waals surface area contributed by atoms with Crippen LogP contribution in [0, 0.1) is 10.1 Å². The molecule has 0 atom stereocenters. The average Bonchev–Trinajstić information content (AvgIpc) is 2.87. The van der Waals surface area contributed by atoms with E-state index in [-0.39, 0.29) is 26.9 Å². The topological polar surface area (TPSA) is 55.2 Å². The van der Waals surface area contributed by atoms with E-state index in [2.05, 4.69) is 128 Å². The lowest BCUT2D eigenvalue weighted by Crippen LogP contribution is -2.16. The first-order valence-corrected chi connectivity index (χ1v) is 14.0. The van der Waals surface area contributed by atoms with Crippen molar-refractivity contribution < 1.29 is 4.92 Å². The highest BCUT2D eigenvalue weighted by Crippen LogP contribution is 2.43. The van der Waals surface area contributed by atoms with Crippen LogP contribution in [-0.4, -0.2) is 4.92 Å². The van der Waals surface area contributed by atoms with Crippen molar-refractivity contribution in [2.24, 2.45) is 0 Å². The first kappa shape index (κ1) is 29.1. The normalized spacial score (nSPS) is 12.3. The van der Waals surface area contributed by atoms with Crippen molar-refractivity contribution in [3.05, 3.63) is 112 Å². The molecule has 0 spiro atoms. The van der Waals surface area contributed by atoms with Crippen LogP contribution in [0.4, 0.5) is 17.1 Å². The molecular weight excluding hydrogens is 492 g/mol. The summed E-state index contributed by atoms with van der Waals surface area (Å²) in [5.41, 5.74) is 9.25. The van der Waals surface area contributed by atoms with Crippen LogP contribution in [0.5, 0.6) is 0 Å². The van der Waals surface area contributed by atoms with Crippen molar-refractivity contribution in [1.29, 1.82) is 0 Å². The Balaban J connectivity index is 2.01. The number of nitro groups is 1. The maximum Gasteiger partial charge on any atom is 0.292 e. The van der Waals surface area contributed by atoms with Gasteiger partial charge in [-0.3, -0.25) is 10.1 Å². The zero-order valence-corrected chi connectivity index (χ0v) is 25.3. The van der Waals surface area contributed by atoms with Crippen molar-refractivity contribution >= 4 is 17.1 Å². The lowest BCUT2D eigenvalue weighted by atomic mass is 9.78. The van der Waals surface area contributed by atoms with Crippen molar-refractivity contribution in [3.8, 4) is 22.3 Å². The molecule has 0 saturated heterocycles. The second-order valence-electron chi connectivity index (χ2n) is 13.8. The second-order valence-corrected chi connectivity index (χ2v) is 13.8. The van der Waals surface area contributed by atoms with E-state index < -0.39 is 0 Å². The molecular formula is C36H42N2O2. The molecule has 0 aliphatic carbocycles. The van der Waals surface area contributed by atoms with Gasteiger partial charge in [0.1, 0.15) is 5.69 Å². The molecule has 0 amide bonds. The van der Waals surface area contributed by atoms with E-state index in [0.29, 0.717) is 5.69 Å². The van der Waals surface area contributed by atoms with Crippen LogP contribution < -0.4 is 5.32 Å². The van der Waals surface area contributed by atoms with Gasteiger partial charge in [0.2, 0.25) is 0 Å². The smallest absolute Gasteiger partial charge is 0.292 e. The SMILES string of the molecule is CC(C)(C)c1ccc(-c2cccc(-c3cc(C(C)(C)C)cc(C(C)(C)C)c3)c2Nc2ccccc2[N+](=O)[O-])cc1. The molecule has 0 aliphatic rings. The van der Waals surface area contributed by atoms with Gasteiger partial charge < -0.3 is 5.32 Å². The number of anilines is 2. The standard InChI is InChI=1S/C36H42N2O2/c1-34(2,3)26-19-17-24(18-20-26)29-13-12-14-30(33(29)37-31-15-10-11-16-32(31)38(39)40)25-21-27(35(4,5)6)23-28(22-25)36(7,8)9/h10-23,37H,1-9H3. The summed E-state index contributed by atoms with van der Waals surface area (Å²) in [7, 11) is 0. The zero-order chi connectivity index (χ0) is 29.5. The Hall–Kier alpha value is -3.92. The van der Waals surface area contributed by atoms with E-state index >= 15 is 0 Å². The summed E-state index contributed by atoms with van der Waals surface area (Å²) in [6.45, 7) is 20.0. The summed E-state index contributed by atoms with van der Waals surface area (Å²) in [6, 6.07) is 28.6. The summed E-state index contributed by atoms with van der Waals surface area (Å²) in [5.74, 6) is 0. The largest absolute Gasteiger partial charge is 0.349 e. The maximum absolute atomic E-state index is 11.9. The zero-order valence-electron chi connectivity index (χ0n) is 25.3. The predicted molar refractivity (Wildman–Crippen MR) is 170 cm³/mol. The molecule has 1 N–H and O–H groups in total. The number of hydrogen-bond donors (Lipinski definition) is 1. The van der Waals surface area contributed by atoms with Gasteiger partial charge in [0, 0.05) is 17.2 Å². The Bertz CT molecular complexity index is 1500. The first-order chi connectivity index (χ1) is 18.6. The van der Waals surface area contributed by atoms with Gasteiger partial charge in [0.05, 0.1) is 10.6 Å². The monoisotopic (exact) mass is 534 g/mol. The van der Waals surface area contributed by atoms with Crippen LogP contribution in [0.3, 0.4) is 0 Å². The fourth-order valence-electron chi connectivity index (χ4n) is 4.84. The summed E-state index contributed by atoms with van der Waals surface area (Å²) in [5, 5.41) is 15.4. The number of nitrogens with one attached hydrogen (secondary N) is 1. The van der Waals surface area contributed by atoms with Gasteiger partial charge in [-0.15, -0.1) is 0 Å². The third kappa shape index (κ3) is 6.28. The number of para-hydroxylation sites is 3. The molecule has 40 heavy (non-hydrogen) atoms. The number of hydrogen-bond acceptors (Lipinski definition) is 3. The lowest BCUT2D eigenvalue weighted by Gasteiger charge is -2.27. The minimum absolute atomic E-state index is 0.0395. The molecule has 0 aliphatic heterocycles. The molecule has 0 bridgehead atoms. The second kappa shape index (κ2) is 10.6. The van der Waals surface area contributed by atoms with Gasteiger partial charge >= 0.3 is 0 Å². The number of nitro benzene ring substituents is 1. The van der Waals surface area contributed by atoms with E-state index in [1.165, 1.54) is 16.7 Å². The summed E-state index contributed by atoms with van der Waals surface area (Å²) >= 11 is 0. The molecule has 0 heterocycles. The van der Waals surface area contributed by atoms with E-state index in [1.807, 2.05) is 6.07 Å². The van der Waals surface area contributed by atoms with Crippen molar-refractivity contribution in [3.63, 3.8) is 0 Å². The Morgan fingerprint density at radius 2 is 1.07 bits per heavy atom. The Kier molecular flexibility index (Phi) is 7.68. The molecule has 0 saturated carbocycles. The van der Waals surface area contributed by atoms with Crippen LogP contribution in [0.15, 0.2) is 84.9 Å². The van der Waals surface area contributed by atoms with E-state index in [4.69, 9.17) is 0 Å². The number of nitrogens with zero attached hydrogens (tertiary/aromatic N) is 1. The van der Waals surface area contributed by atoms with Crippen LogP contribution >= 0.6 is 0 Å². The van der Waals surface area contributed by atoms with Gasteiger partial charge in [-0.2, -0.15) is 0 Å². The minimum Gasteiger partial charge on any atom is -0.349 e. The Labute approximate surface area is 239 Å². The summed E-state index contributed by atoms with van der Waals surface area (Å²) in [6.07, 6.45) is 0. The highest BCUT2D eigenvalue weighted by atomic mass is 16.6.